The van der Waals surface area contributed by atoms with Gasteiger partial charge >= 0.3 is 0 Å². The minimum atomic E-state index is -1.27. The number of rotatable bonds is 6. The minimum absolute atomic E-state index is 1.06. The molecule has 0 spiro atoms. The Bertz CT molecular complexity index is 311. The van der Waals surface area contributed by atoms with Crippen molar-refractivity contribution in [2.24, 2.45) is 4.99 Å². The monoisotopic (exact) mass is 279 g/mol. The van der Waals surface area contributed by atoms with Gasteiger partial charge in [-0.25, -0.2) is 0 Å². The van der Waals surface area contributed by atoms with Gasteiger partial charge in [0.25, 0.3) is 0 Å². The second kappa shape index (κ2) is 8.73. The van der Waals surface area contributed by atoms with Crippen LogP contribution in [-0.4, -0.2) is 20.3 Å². The summed E-state index contributed by atoms with van der Waals surface area (Å²) in [6.45, 7) is 10.6. The fourth-order valence-corrected chi connectivity index (χ4v) is 8.23. The predicted octanol–water partition coefficient (Wildman–Crippen LogP) is 5.78. The Balaban J connectivity index is 2.95. The maximum Gasteiger partial charge on any atom is 0.0855 e. The van der Waals surface area contributed by atoms with E-state index in [0.717, 1.165) is 6.54 Å². The van der Waals surface area contributed by atoms with E-state index in [2.05, 4.69) is 33.4 Å². The summed E-state index contributed by atoms with van der Waals surface area (Å²) in [5.41, 5.74) is 1.48. The van der Waals surface area contributed by atoms with Gasteiger partial charge in [0, 0.05) is 12.3 Å². The van der Waals surface area contributed by atoms with Crippen LogP contribution in [0.25, 0.3) is 0 Å². The summed E-state index contributed by atoms with van der Waals surface area (Å²) in [7, 11) is -1.27. The Morgan fingerprint density at radius 1 is 1.11 bits per heavy atom. The maximum absolute atomic E-state index is 4.97. The average Bonchev–Trinajstić information content (AvgIpc) is 2.33. The Morgan fingerprint density at radius 3 is 2.32 bits per heavy atom. The summed E-state index contributed by atoms with van der Waals surface area (Å²) in [5.74, 6) is 0. The highest BCUT2D eigenvalue weighted by atomic mass is 28.3. The van der Waals surface area contributed by atoms with Gasteiger partial charge < -0.3 is 0 Å². The van der Waals surface area contributed by atoms with E-state index in [1.807, 2.05) is 0 Å². The Kier molecular flexibility index (Phi) is 7.66. The molecule has 110 valence electrons. The Morgan fingerprint density at radius 2 is 1.74 bits per heavy atom. The molecule has 0 aliphatic carbocycles. The molecule has 0 atom stereocenters. The number of hydrogen-bond donors (Lipinski definition) is 0. The molecule has 0 N–H and O–H groups in total. The standard InChI is InChI=1S/C17H33NSi/c1-5-14-19(4,15-6-2)17(7-3)16-12-10-8-9-11-13-18-16/h7H,5-6,8-15H2,1-4H3/b17-7+,18-16?. The summed E-state index contributed by atoms with van der Waals surface area (Å²) in [6, 6.07) is 2.86. The lowest BCUT2D eigenvalue weighted by Crippen LogP contribution is -2.37. The van der Waals surface area contributed by atoms with Crippen molar-refractivity contribution in [3.8, 4) is 0 Å². The smallest absolute Gasteiger partial charge is 0.0855 e. The number of aliphatic imine (C=N–C) groups is 1. The second-order valence-electron chi connectivity index (χ2n) is 6.26. The van der Waals surface area contributed by atoms with Crippen molar-refractivity contribution in [3.63, 3.8) is 0 Å². The van der Waals surface area contributed by atoms with Gasteiger partial charge in [0.15, 0.2) is 0 Å². The normalized spacial score (nSPS) is 18.7. The van der Waals surface area contributed by atoms with E-state index in [0.29, 0.717) is 0 Å². The van der Waals surface area contributed by atoms with Gasteiger partial charge in [-0.15, -0.1) is 0 Å². The lowest BCUT2D eigenvalue weighted by molar-refractivity contribution is 0.644. The summed E-state index contributed by atoms with van der Waals surface area (Å²) in [5, 5.41) is 1.69. The Hall–Kier alpha value is -0.373. The SMILES string of the molecule is C/C=C(\C1=NCCCCCC1)[Si](C)(CCC)CCC. The van der Waals surface area contributed by atoms with Crippen LogP contribution in [-0.2, 0) is 0 Å². The summed E-state index contributed by atoms with van der Waals surface area (Å²) in [4.78, 5) is 4.97. The first kappa shape index (κ1) is 16.7. The third kappa shape index (κ3) is 4.90. The number of nitrogens with zero attached hydrogens (tertiary/aromatic N) is 1. The van der Waals surface area contributed by atoms with Crippen LogP contribution in [0.2, 0.25) is 18.6 Å². The molecule has 0 amide bonds. The first-order valence-corrected chi connectivity index (χ1v) is 11.3. The van der Waals surface area contributed by atoms with E-state index in [9.17, 15) is 0 Å². The third-order valence-corrected chi connectivity index (χ3v) is 9.56. The van der Waals surface area contributed by atoms with Gasteiger partial charge in [-0.3, -0.25) is 4.99 Å². The van der Waals surface area contributed by atoms with Crippen LogP contribution in [0, 0.1) is 0 Å². The molecular weight excluding hydrogens is 246 g/mol. The molecule has 2 heteroatoms. The van der Waals surface area contributed by atoms with Crippen molar-refractivity contribution in [3.05, 3.63) is 11.3 Å². The zero-order chi connectivity index (χ0) is 14.1. The summed E-state index contributed by atoms with van der Waals surface area (Å²) >= 11 is 0. The van der Waals surface area contributed by atoms with Crippen LogP contribution in [0.4, 0.5) is 0 Å². The fraction of sp³-hybridized carbons (Fsp3) is 0.824. The lowest BCUT2D eigenvalue weighted by Gasteiger charge is -2.31. The largest absolute Gasteiger partial charge is 0.290 e. The molecule has 0 saturated heterocycles. The van der Waals surface area contributed by atoms with Crippen molar-refractivity contribution in [1.82, 2.24) is 0 Å². The highest BCUT2D eigenvalue weighted by Crippen LogP contribution is 2.30. The van der Waals surface area contributed by atoms with E-state index >= 15 is 0 Å². The first-order chi connectivity index (χ1) is 9.18. The number of hydrogen-bond acceptors (Lipinski definition) is 1. The average molecular weight is 280 g/mol. The molecule has 0 unspecified atom stereocenters. The van der Waals surface area contributed by atoms with E-state index < -0.39 is 8.07 Å². The highest BCUT2D eigenvalue weighted by molar-refractivity contribution is 6.89. The van der Waals surface area contributed by atoms with Crippen molar-refractivity contribution in [2.75, 3.05) is 6.54 Å². The zero-order valence-electron chi connectivity index (χ0n) is 13.6. The molecule has 0 bridgehead atoms. The molecule has 1 aliphatic heterocycles. The van der Waals surface area contributed by atoms with Crippen molar-refractivity contribution in [2.45, 2.75) is 84.4 Å². The molecule has 19 heavy (non-hydrogen) atoms. The predicted molar refractivity (Wildman–Crippen MR) is 91.0 cm³/mol. The van der Waals surface area contributed by atoms with Crippen LogP contribution in [0.15, 0.2) is 16.3 Å². The van der Waals surface area contributed by atoms with E-state index in [-0.39, 0.29) is 0 Å². The fourth-order valence-electron chi connectivity index (χ4n) is 3.63. The molecule has 0 aromatic rings. The van der Waals surface area contributed by atoms with Crippen molar-refractivity contribution < 1.29 is 0 Å². The van der Waals surface area contributed by atoms with E-state index in [4.69, 9.17) is 4.99 Å². The maximum atomic E-state index is 4.97. The molecule has 1 heterocycles. The molecule has 0 saturated carbocycles. The van der Waals surface area contributed by atoms with Gasteiger partial charge in [0.1, 0.15) is 0 Å². The van der Waals surface area contributed by atoms with Gasteiger partial charge in [0.2, 0.25) is 0 Å². The van der Waals surface area contributed by atoms with Gasteiger partial charge in [-0.05, 0) is 31.4 Å². The number of allylic oxidation sites excluding steroid dienone is 2. The van der Waals surface area contributed by atoms with E-state index in [1.165, 1.54) is 62.7 Å². The zero-order valence-corrected chi connectivity index (χ0v) is 14.6. The molecular formula is C17H33NSi. The van der Waals surface area contributed by atoms with Gasteiger partial charge in [-0.1, -0.05) is 64.2 Å². The second-order valence-corrected chi connectivity index (χ2v) is 10.9. The molecule has 0 aromatic carbocycles. The molecule has 1 aliphatic rings. The third-order valence-electron chi connectivity index (χ3n) is 4.48. The van der Waals surface area contributed by atoms with Crippen LogP contribution in [0.3, 0.4) is 0 Å². The minimum Gasteiger partial charge on any atom is -0.290 e. The van der Waals surface area contributed by atoms with Crippen LogP contribution in [0.5, 0.6) is 0 Å². The van der Waals surface area contributed by atoms with Crippen molar-refractivity contribution >= 4 is 13.8 Å². The van der Waals surface area contributed by atoms with Crippen LogP contribution < -0.4 is 0 Å². The molecule has 0 aromatic heterocycles. The van der Waals surface area contributed by atoms with Crippen molar-refractivity contribution in [1.29, 1.82) is 0 Å². The molecule has 1 rings (SSSR count). The Labute approximate surface area is 121 Å². The van der Waals surface area contributed by atoms with Gasteiger partial charge in [-0.2, -0.15) is 0 Å². The van der Waals surface area contributed by atoms with E-state index in [1.54, 1.807) is 5.20 Å². The molecule has 0 fully saturated rings. The molecule has 0 radical (unpaired) electrons. The van der Waals surface area contributed by atoms with Gasteiger partial charge in [0.05, 0.1) is 8.07 Å². The molecule has 1 nitrogen and oxygen atoms in total. The first-order valence-electron chi connectivity index (χ1n) is 8.38. The lowest BCUT2D eigenvalue weighted by atomic mass is 10.1. The summed E-state index contributed by atoms with van der Waals surface area (Å²) < 4.78 is 0. The van der Waals surface area contributed by atoms with Crippen LogP contribution >= 0.6 is 0 Å². The summed E-state index contributed by atoms with van der Waals surface area (Å²) in [6.07, 6.45) is 11.7. The van der Waals surface area contributed by atoms with Crippen LogP contribution in [0.1, 0.15) is 65.7 Å². The quantitative estimate of drug-likeness (QED) is 0.547. The highest BCUT2D eigenvalue weighted by Gasteiger charge is 2.31. The topological polar surface area (TPSA) is 12.4 Å².